The molecule has 0 aliphatic carbocycles. The summed E-state index contributed by atoms with van der Waals surface area (Å²) in [6.07, 6.45) is 5.34. The largest absolute Gasteiger partial charge is 0.480 e. The number of carbonyl (C=O) groups excluding carboxylic acids is 1. The fraction of sp³-hybridized carbons (Fsp3) is 0.600. The minimum absolute atomic E-state index is 0.133. The number of hydrogen-bond donors (Lipinski definition) is 3. The molecule has 1 unspecified atom stereocenters. The molecule has 0 aromatic carbocycles. The monoisotopic (exact) mass is 225 g/mol. The summed E-state index contributed by atoms with van der Waals surface area (Å²) in [5.74, 6) is 1.04. The molecular weight excluding hydrogens is 210 g/mol. The number of terminal acetylenes is 1. The van der Waals surface area contributed by atoms with E-state index in [1.54, 1.807) is 4.90 Å². The summed E-state index contributed by atoms with van der Waals surface area (Å²) in [5.41, 5.74) is 4.43. The zero-order valence-corrected chi connectivity index (χ0v) is 8.90. The summed E-state index contributed by atoms with van der Waals surface area (Å²) < 4.78 is 0. The van der Waals surface area contributed by atoms with Crippen LogP contribution in [0.25, 0.3) is 0 Å². The Kier molecular flexibility index (Phi) is 3.88. The van der Waals surface area contributed by atoms with E-state index in [4.69, 9.17) is 17.3 Å². The lowest BCUT2D eigenvalue weighted by Gasteiger charge is -2.19. The molecule has 0 bridgehead atoms. The second-order valence-electron chi connectivity index (χ2n) is 3.90. The van der Waals surface area contributed by atoms with Crippen molar-refractivity contribution >= 4 is 11.9 Å². The molecule has 1 atom stereocenters. The molecule has 1 amide bonds. The van der Waals surface area contributed by atoms with Crippen LogP contribution in [-0.4, -0.2) is 53.6 Å². The Morgan fingerprint density at radius 1 is 1.62 bits per heavy atom. The van der Waals surface area contributed by atoms with Gasteiger partial charge in [-0.25, -0.2) is 0 Å². The third-order valence-corrected chi connectivity index (χ3v) is 2.56. The van der Waals surface area contributed by atoms with Crippen molar-refractivity contribution in [3.8, 4) is 12.3 Å². The zero-order chi connectivity index (χ0) is 12.2. The van der Waals surface area contributed by atoms with E-state index in [1.165, 1.54) is 0 Å². The molecule has 1 fully saturated rings. The number of aliphatic carboxylic acids is 1. The first kappa shape index (κ1) is 12.5. The molecule has 0 radical (unpaired) electrons. The van der Waals surface area contributed by atoms with Gasteiger partial charge in [0.05, 0.1) is 13.1 Å². The predicted octanol–water partition coefficient (Wildman–Crippen LogP) is -1.78. The minimum Gasteiger partial charge on any atom is -0.480 e. The molecule has 1 aliphatic rings. The fourth-order valence-electron chi connectivity index (χ4n) is 1.63. The Morgan fingerprint density at radius 3 is 2.81 bits per heavy atom. The average Bonchev–Trinajstić information content (AvgIpc) is 2.58. The Hall–Kier alpha value is -1.58. The van der Waals surface area contributed by atoms with Crippen molar-refractivity contribution in [2.45, 2.75) is 12.0 Å². The van der Waals surface area contributed by atoms with Crippen LogP contribution >= 0.6 is 0 Å². The number of amides is 1. The van der Waals surface area contributed by atoms with E-state index in [0.29, 0.717) is 13.0 Å². The highest BCUT2D eigenvalue weighted by molar-refractivity contribution is 5.81. The van der Waals surface area contributed by atoms with Gasteiger partial charge in [-0.3, -0.25) is 14.5 Å². The van der Waals surface area contributed by atoms with E-state index >= 15 is 0 Å². The Labute approximate surface area is 93.8 Å². The molecule has 0 aromatic heterocycles. The van der Waals surface area contributed by atoms with E-state index < -0.39 is 11.5 Å². The highest BCUT2D eigenvalue weighted by Crippen LogP contribution is 2.18. The van der Waals surface area contributed by atoms with Gasteiger partial charge in [0.15, 0.2) is 0 Å². The topological polar surface area (TPSA) is 95.7 Å². The number of carbonyl (C=O) groups is 2. The highest BCUT2D eigenvalue weighted by Gasteiger charge is 2.41. The van der Waals surface area contributed by atoms with Crippen LogP contribution in [0.1, 0.15) is 6.42 Å². The molecule has 1 rings (SSSR count). The maximum absolute atomic E-state index is 11.3. The number of likely N-dealkylation sites (tertiary alicyclic amines) is 1. The van der Waals surface area contributed by atoms with Crippen molar-refractivity contribution in [1.29, 1.82) is 0 Å². The summed E-state index contributed by atoms with van der Waals surface area (Å²) >= 11 is 0. The van der Waals surface area contributed by atoms with Gasteiger partial charge in [0, 0.05) is 13.1 Å². The van der Waals surface area contributed by atoms with Crippen molar-refractivity contribution in [1.82, 2.24) is 10.2 Å². The number of rotatable bonds is 4. The summed E-state index contributed by atoms with van der Waals surface area (Å²) in [7, 11) is 0. The normalized spacial score (nSPS) is 25.0. The quantitative estimate of drug-likeness (QED) is 0.492. The first-order valence-electron chi connectivity index (χ1n) is 4.93. The van der Waals surface area contributed by atoms with E-state index in [-0.39, 0.29) is 25.5 Å². The minimum atomic E-state index is -1.23. The average molecular weight is 225 g/mol. The molecule has 0 spiro atoms. The van der Waals surface area contributed by atoms with Crippen molar-refractivity contribution in [3.63, 3.8) is 0 Å². The molecule has 0 saturated carbocycles. The highest BCUT2D eigenvalue weighted by atomic mass is 16.4. The molecule has 1 saturated heterocycles. The van der Waals surface area contributed by atoms with Crippen molar-refractivity contribution in [3.05, 3.63) is 0 Å². The number of nitrogens with zero attached hydrogens (tertiary/aromatic N) is 1. The molecular formula is C10H15N3O3. The number of nitrogens with two attached hydrogens (primary N) is 1. The van der Waals surface area contributed by atoms with Crippen molar-refractivity contribution in [2.75, 3.05) is 26.2 Å². The van der Waals surface area contributed by atoms with Gasteiger partial charge < -0.3 is 16.2 Å². The van der Waals surface area contributed by atoms with E-state index in [1.807, 2.05) is 0 Å². The van der Waals surface area contributed by atoms with E-state index in [2.05, 4.69) is 11.2 Å². The molecule has 0 aromatic rings. The van der Waals surface area contributed by atoms with Gasteiger partial charge in [-0.15, -0.1) is 6.42 Å². The van der Waals surface area contributed by atoms with Gasteiger partial charge in [0.1, 0.15) is 5.54 Å². The SMILES string of the molecule is C#CCNC(=O)CN1CCC(N)(C(=O)O)C1. The van der Waals surface area contributed by atoms with Crippen molar-refractivity contribution < 1.29 is 14.7 Å². The van der Waals surface area contributed by atoms with Gasteiger partial charge >= 0.3 is 5.97 Å². The zero-order valence-electron chi connectivity index (χ0n) is 8.90. The van der Waals surface area contributed by atoms with Gasteiger partial charge in [0.2, 0.25) is 5.91 Å². The van der Waals surface area contributed by atoms with Gasteiger partial charge in [-0.1, -0.05) is 5.92 Å². The number of nitrogens with one attached hydrogen (secondary N) is 1. The fourth-order valence-corrected chi connectivity index (χ4v) is 1.63. The lowest BCUT2D eigenvalue weighted by molar-refractivity contribution is -0.143. The number of carboxylic acid groups (broad SMARTS) is 1. The summed E-state index contributed by atoms with van der Waals surface area (Å²) in [6.45, 7) is 1.01. The van der Waals surface area contributed by atoms with Crippen molar-refractivity contribution in [2.24, 2.45) is 5.73 Å². The first-order chi connectivity index (χ1) is 7.48. The Balaban J connectivity index is 2.40. The summed E-state index contributed by atoms with van der Waals surface area (Å²) in [5, 5.41) is 11.4. The third-order valence-electron chi connectivity index (χ3n) is 2.56. The molecule has 16 heavy (non-hydrogen) atoms. The van der Waals surface area contributed by atoms with Crippen LogP contribution in [0, 0.1) is 12.3 Å². The van der Waals surface area contributed by atoms with Gasteiger partial charge in [-0.05, 0) is 6.42 Å². The smallest absolute Gasteiger partial charge is 0.325 e. The van der Waals surface area contributed by atoms with Crippen LogP contribution in [0.3, 0.4) is 0 Å². The van der Waals surface area contributed by atoms with Crippen LogP contribution in [0.15, 0.2) is 0 Å². The van der Waals surface area contributed by atoms with E-state index in [9.17, 15) is 9.59 Å². The van der Waals surface area contributed by atoms with Gasteiger partial charge in [-0.2, -0.15) is 0 Å². The first-order valence-corrected chi connectivity index (χ1v) is 4.93. The standard InChI is InChI=1S/C10H15N3O3/c1-2-4-12-8(14)6-13-5-3-10(11,7-13)9(15)16/h1H,3-7,11H2,(H,12,14)(H,15,16). The van der Waals surface area contributed by atoms with Crippen LogP contribution < -0.4 is 11.1 Å². The number of carboxylic acids is 1. The second kappa shape index (κ2) is 4.96. The third kappa shape index (κ3) is 2.95. The maximum Gasteiger partial charge on any atom is 0.325 e. The Bertz CT molecular complexity index is 337. The lowest BCUT2D eigenvalue weighted by Crippen LogP contribution is -2.50. The Morgan fingerprint density at radius 2 is 2.31 bits per heavy atom. The van der Waals surface area contributed by atoms with E-state index in [0.717, 1.165) is 0 Å². The molecule has 6 nitrogen and oxygen atoms in total. The molecule has 1 aliphatic heterocycles. The molecule has 88 valence electrons. The van der Waals surface area contributed by atoms with Crippen LogP contribution in [0.5, 0.6) is 0 Å². The molecule has 6 heteroatoms. The predicted molar refractivity (Wildman–Crippen MR) is 57.5 cm³/mol. The molecule has 4 N–H and O–H groups in total. The second-order valence-corrected chi connectivity index (χ2v) is 3.90. The molecule has 1 heterocycles. The van der Waals surface area contributed by atoms with Gasteiger partial charge in [0.25, 0.3) is 0 Å². The van der Waals surface area contributed by atoms with Crippen LogP contribution in [0.4, 0.5) is 0 Å². The summed E-state index contributed by atoms with van der Waals surface area (Å²) in [6, 6.07) is 0. The van der Waals surface area contributed by atoms with Crippen LogP contribution in [0.2, 0.25) is 0 Å². The maximum atomic E-state index is 11.3. The summed E-state index contributed by atoms with van der Waals surface area (Å²) in [4.78, 5) is 23.9. The van der Waals surface area contributed by atoms with Crippen LogP contribution in [-0.2, 0) is 9.59 Å². The number of hydrogen-bond acceptors (Lipinski definition) is 4. The lowest BCUT2D eigenvalue weighted by atomic mass is 10.0.